The molecular weight excluding hydrogens is 446 g/mol. The van der Waals surface area contributed by atoms with E-state index in [1.165, 1.54) is 12.8 Å². The molecule has 0 bridgehead atoms. The third kappa shape index (κ3) is 6.66. The number of aryl methyl sites for hydroxylation is 1. The van der Waals surface area contributed by atoms with E-state index in [9.17, 15) is 4.39 Å². The normalized spacial score (nSPS) is 19.1. The van der Waals surface area contributed by atoms with E-state index in [-0.39, 0.29) is 35.8 Å². The van der Waals surface area contributed by atoms with E-state index in [2.05, 4.69) is 20.5 Å². The molecule has 0 amide bonds. The molecule has 2 atom stereocenters. The number of nitrogens with one attached hydrogen (secondary N) is 2. The fourth-order valence-electron chi connectivity index (χ4n) is 3.21. The van der Waals surface area contributed by atoms with Crippen molar-refractivity contribution in [1.82, 2.24) is 15.5 Å². The molecule has 1 fully saturated rings. The molecule has 1 aliphatic heterocycles. The number of ether oxygens (including phenoxy) is 1. The summed E-state index contributed by atoms with van der Waals surface area (Å²) >= 11 is 0. The number of likely N-dealkylation sites (tertiary alicyclic amines) is 1. The van der Waals surface area contributed by atoms with Gasteiger partial charge in [0.2, 0.25) is 0 Å². The number of hydrogen-bond donors (Lipinski definition) is 2. The van der Waals surface area contributed by atoms with Crippen molar-refractivity contribution in [3.05, 3.63) is 35.1 Å². The maximum Gasteiger partial charge on any atom is 0.191 e. The van der Waals surface area contributed by atoms with Gasteiger partial charge in [-0.15, -0.1) is 24.0 Å². The van der Waals surface area contributed by atoms with E-state index in [0.29, 0.717) is 11.6 Å². The molecule has 0 saturated carbocycles. The van der Waals surface area contributed by atoms with Gasteiger partial charge >= 0.3 is 0 Å². The van der Waals surface area contributed by atoms with Gasteiger partial charge in [0.25, 0.3) is 0 Å². The van der Waals surface area contributed by atoms with E-state index in [0.717, 1.165) is 37.8 Å². The maximum atomic E-state index is 13.8. The first-order valence-corrected chi connectivity index (χ1v) is 9.01. The number of benzene rings is 1. The highest BCUT2D eigenvalue weighted by Crippen LogP contribution is 2.17. The fourth-order valence-corrected chi connectivity index (χ4v) is 3.21. The van der Waals surface area contributed by atoms with Crippen LogP contribution < -0.4 is 10.6 Å². The molecule has 5 nitrogen and oxygen atoms in total. The Kier molecular flexibility index (Phi) is 10.4. The van der Waals surface area contributed by atoms with Crippen LogP contribution in [-0.2, 0) is 4.74 Å². The fraction of sp³-hybridized carbons (Fsp3) is 0.632. The lowest BCUT2D eigenvalue weighted by atomic mass is 10.1. The molecule has 148 valence electrons. The Morgan fingerprint density at radius 2 is 2.23 bits per heavy atom. The Bertz CT molecular complexity index is 585. The zero-order chi connectivity index (χ0) is 18.2. The third-order valence-corrected chi connectivity index (χ3v) is 4.86. The molecule has 1 saturated heterocycles. The van der Waals surface area contributed by atoms with E-state index >= 15 is 0 Å². The molecule has 2 rings (SSSR count). The van der Waals surface area contributed by atoms with E-state index in [1.54, 1.807) is 27.1 Å². The van der Waals surface area contributed by atoms with Gasteiger partial charge in [-0.2, -0.15) is 0 Å². The molecule has 26 heavy (non-hydrogen) atoms. The first kappa shape index (κ1) is 23.1. The third-order valence-electron chi connectivity index (χ3n) is 4.86. The molecule has 0 radical (unpaired) electrons. The minimum Gasteiger partial charge on any atom is -0.383 e. The maximum absolute atomic E-state index is 13.8. The molecule has 2 N–H and O–H groups in total. The summed E-state index contributed by atoms with van der Waals surface area (Å²) in [6, 6.07) is 5.83. The molecule has 1 aromatic carbocycles. The molecular formula is C19H32FIN4O. The van der Waals surface area contributed by atoms with Crippen molar-refractivity contribution in [3.8, 4) is 0 Å². The summed E-state index contributed by atoms with van der Waals surface area (Å²) in [7, 11) is 3.50. The SMILES string of the molecule is CN=C(NCC1CCCN1CCOC)NC(C)c1ccc(C)c(F)c1.I. The largest absolute Gasteiger partial charge is 0.383 e. The first-order chi connectivity index (χ1) is 12.0. The summed E-state index contributed by atoms with van der Waals surface area (Å²) in [5.41, 5.74) is 1.57. The average Bonchev–Trinajstić information content (AvgIpc) is 3.06. The van der Waals surface area contributed by atoms with Crippen molar-refractivity contribution >= 4 is 29.9 Å². The van der Waals surface area contributed by atoms with Gasteiger partial charge in [0.1, 0.15) is 5.82 Å². The number of hydrogen-bond acceptors (Lipinski definition) is 3. The number of halogens is 2. The highest BCUT2D eigenvalue weighted by molar-refractivity contribution is 14.0. The highest BCUT2D eigenvalue weighted by Gasteiger charge is 2.24. The Morgan fingerprint density at radius 3 is 2.88 bits per heavy atom. The summed E-state index contributed by atoms with van der Waals surface area (Å²) < 4.78 is 19.0. The van der Waals surface area contributed by atoms with Crippen molar-refractivity contribution in [2.45, 2.75) is 38.8 Å². The Labute approximate surface area is 173 Å². The number of guanidine groups is 1. The molecule has 1 aromatic rings. The molecule has 1 aliphatic rings. The van der Waals surface area contributed by atoms with E-state index in [1.807, 2.05) is 19.1 Å². The standard InChI is InChI=1S/C19H31FN4O.HI/c1-14-7-8-16(12-18(14)20)15(2)23-19(21-3)22-13-17-6-5-9-24(17)10-11-25-4;/h7-8,12,15,17H,5-6,9-11,13H2,1-4H3,(H2,21,22,23);1H. The van der Waals surface area contributed by atoms with Gasteiger partial charge in [0, 0.05) is 33.3 Å². The van der Waals surface area contributed by atoms with Gasteiger partial charge in [0.05, 0.1) is 12.6 Å². The quantitative estimate of drug-likeness (QED) is 0.360. The predicted octanol–water partition coefficient (Wildman–Crippen LogP) is 3.09. The summed E-state index contributed by atoms with van der Waals surface area (Å²) in [5.74, 6) is 0.570. The summed E-state index contributed by atoms with van der Waals surface area (Å²) in [6.07, 6.45) is 2.41. The minimum absolute atomic E-state index is 0. The van der Waals surface area contributed by atoms with Gasteiger partial charge in [-0.3, -0.25) is 9.89 Å². The average molecular weight is 478 g/mol. The zero-order valence-electron chi connectivity index (χ0n) is 16.2. The van der Waals surface area contributed by atoms with Gasteiger partial charge in [-0.1, -0.05) is 12.1 Å². The highest BCUT2D eigenvalue weighted by atomic mass is 127. The molecule has 1 heterocycles. The minimum atomic E-state index is -0.172. The van der Waals surface area contributed by atoms with Gasteiger partial charge in [-0.25, -0.2) is 4.39 Å². The van der Waals surface area contributed by atoms with Crippen LogP contribution in [0.25, 0.3) is 0 Å². The van der Waals surface area contributed by atoms with E-state index in [4.69, 9.17) is 4.74 Å². The summed E-state index contributed by atoms with van der Waals surface area (Å²) in [6.45, 7) is 7.48. The van der Waals surface area contributed by atoms with Crippen molar-refractivity contribution in [2.75, 3.05) is 40.4 Å². The van der Waals surface area contributed by atoms with Crippen LogP contribution in [0.15, 0.2) is 23.2 Å². The van der Waals surface area contributed by atoms with Gasteiger partial charge in [-0.05, 0) is 50.4 Å². The van der Waals surface area contributed by atoms with Crippen LogP contribution in [0.1, 0.15) is 36.9 Å². The summed E-state index contributed by atoms with van der Waals surface area (Å²) in [5, 5.41) is 6.75. The lowest BCUT2D eigenvalue weighted by Crippen LogP contribution is -2.46. The van der Waals surface area contributed by atoms with Crippen LogP contribution in [0.5, 0.6) is 0 Å². The lowest BCUT2D eigenvalue weighted by Gasteiger charge is -2.26. The molecule has 0 spiro atoms. The monoisotopic (exact) mass is 478 g/mol. The van der Waals surface area contributed by atoms with Crippen LogP contribution in [0, 0.1) is 12.7 Å². The molecule has 2 unspecified atom stereocenters. The molecule has 7 heteroatoms. The first-order valence-electron chi connectivity index (χ1n) is 9.01. The number of rotatable bonds is 7. The number of nitrogens with zero attached hydrogens (tertiary/aromatic N) is 2. The van der Waals surface area contributed by atoms with Crippen molar-refractivity contribution in [1.29, 1.82) is 0 Å². The van der Waals surface area contributed by atoms with E-state index < -0.39 is 0 Å². The zero-order valence-corrected chi connectivity index (χ0v) is 18.5. The van der Waals surface area contributed by atoms with Crippen molar-refractivity contribution in [2.24, 2.45) is 4.99 Å². The van der Waals surface area contributed by atoms with Gasteiger partial charge in [0.15, 0.2) is 5.96 Å². The Balaban J connectivity index is 0.00000338. The van der Waals surface area contributed by atoms with Crippen LogP contribution in [0.2, 0.25) is 0 Å². The van der Waals surface area contributed by atoms with Crippen molar-refractivity contribution < 1.29 is 9.13 Å². The van der Waals surface area contributed by atoms with Crippen LogP contribution in [-0.4, -0.2) is 57.3 Å². The number of aliphatic imine (C=N–C) groups is 1. The van der Waals surface area contributed by atoms with Crippen molar-refractivity contribution in [3.63, 3.8) is 0 Å². The Morgan fingerprint density at radius 1 is 1.46 bits per heavy atom. The van der Waals surface area contributed by atoms with Gasteiger partial charge < -0.3 is 15.4 Å². The van der Waals surface area contributed by atoms with Crippen LogP contribution in [0.3, 0.4) is 0 Å². The molecule has 0 aromatic heterocycles. The van der Waals surface area contributed by atoms with Crippen LogP contribution >= 0.6 is 24.0 Å². The lowest BCUT2D eigenvalue weighted by molar-refractivity contribution is 0.141. The second-order valence-corrected chi connectivity index (χ2v) is 6.65. The number of methoxy groups -OCH3 is 1. The summed E-state index contributed by atoms with van der Waals surface area (Å²) in [4.78, 5) is 6.76. The second-order valence-electron chi connectivity index (χ2n) is 6.65. The smallest absolute Gasteiger partial charge is 0.191 e. The molecule has 0 aliphatic carbocycles. The second kappa shape index (κ2) is 11.7. The Hall–Kier alpha value is -0.930. The van der Waals surface area contributed by atoms with Crippen LogP contribution in [0.4, 0.5) is 4.39 Å². The predicted molar refractivity (Wildman–Crippen MR) is 116 cm³/mol. The topological polar surface area (TPSA) is 48.9 Å².